The van der Waals surface area contributed by atoms with Crippen LogP contribution < -0.4 is 5.32 Å². The van der Waals surface area contributed by atoms with E-state index in [0.717, 1.165) is 12.0 Å². The van der Waals surface area contributed by atoms with Gasteiger partial charge in [-0.3, -0.25) is 10.1 Å². The Kier molecular flexibility index (Phi) is 6.14. The van der Waals surface area contributed by atoms with Gasteiger partial charge in [-0.05, 0) is 36.2 Å². The van der Waals surface area contributed by atoms with Crippen LogP contribution in [0.1, 0.15) is 18.9 Å². The summed E-state index contributed by atoms with van der Waals surface area (Å²) in [4.78, 5) is 24.4. The first-order chi connectivity index (χ1) is 11.5. The SMILES string of the molecule is CCCN(Cc1ccc([N+](=O)[O-])cc1)C(=O)Nc1ccc(Cl)cc1. The number of rotatable bonds is 6. The van der Waals surface area contributed by atoms with Gasteiger partial charge in [-0.2, -0.15) is 0 Å². The van der Waals surface area contributed by atoms with E-state index in [4.69, 9.17) is 11.6 Å². The standard InChI is InChI=1S/C17H18ClN3O3/c1-2-11-20(12-13-3-9-16(10-4-13)21(23)24)17(22)19-15-7-5-14(18)6-8-15/h3-10H,2,11-12H2,1H3,(H,19,22). The molecule has 1 N–H and O–H groups in total. The Morgan fingerprint density at radius 3 is 2.33 bits per heavy atom. The molecule has 6 nitrogen and oxygen atoms in total. The summed E-state index contributed by atoms with van der Waals surface area (Å²) < 4.78 is 0. The van der Waals surface area contributed by atoms with Crippen molar-refractivity contribution in [3.05, 3.63) is 69.2 Å². The van der Waals surface area contributed by atoms with Crippen molar-refractivity contribution in [2.45, 2.75) is 19.9 Å². The molecule has 0 saturated carbocycles. The van der Waals surface area contributed by atoms with Gasteiger partial charge in [-0.15, -0.1) is 0 Å². The Hall–Kier alpha value is -2.60. The molecule has 0 unspecified atom stereocenters. The summed E-state index contributed by atoms with van der Waals surface area (Å²) in [5, 5.41) is 14.1. The molecule has 0 atom stereocenters. The number of carbonyl (C=O) groups excluding carboxylic acids is 1. The van der Waals surface area contributed by atoms with Crippen molar-refractivity contribution in [2.24, 2.45) is 0 Å². The molecule has 2 aromatic carbocycles. The van der Waals surface area contributed by atoms with E-state index in [-0.39, 0.29) is 11.7 Å². The Bertz CT molecular complexity index is 702. The molecule has 0 aliphatic heterocycles. The number of nitro groups is 1. The van der Waals surface area contributed by atoms with Gasteiger partial charge in [0.05, 0.1) is 4.92 Å². The normalized spacial score (nSPS) is 10.2. The minimum atomic E-state index is -0.444. The number of carbonyl (C=O) groups is 1. The van der Waals surface area contributed by atoms with E-state index in [1.165, 1.54) is 12.1 Å². The summed E-state index contributed by atoms with van der Waals surface area (Å²) in [6.45, 7) is 2.94. The van der Waals surface area contributed by atoms with Crippen LogP contribution in [0.15, 0.2) is 48.5 Å². The van der Waals surface area contributed by atoms with Crippen molar-refractivity contribution in [3.8, 4) is 0 Å². The van der Waals surface area contributed by atoms with Gasteiger partial charge in [0.25, 0.3) is 5.69 Å². The third kappa shape index (κ3) is 4.96. The number of halogens is 1. The second-order valence-corrected chi connectivity index (χ2v) is 5.72. The highest BCUT2D eigenvalue weighted by molar-refractivity contribution is 6.30. The predicted octanol–water partition coefficient (Wildman–Crippen LogP) is 4.69. The van der Waals surface area contributed by atoms with Crippen LogP contribution in [0.5, 0.6) is 0 Å². The molecular formula is C17H18ClN3O3. The molecule has 0 heterocycles. The van der Waals surface area contributed by atoms with Gasteiger partial charge in [-0.1, -0.05) is 30.7 Å². The lowest BCUT2D eigenvalue weighted by atomic mass is 10.2. The van der Waals surface area contributed by atoms with Crippen molar-refractivity contribution in [1.29, 1.82) is 0 Å². The van der Waals surface area contributed by atoms with Gasteiger partial charge in [0.1, 0.15) is 0 Å². The summed E-state index contributed by atoms with van der Waals surface area (Å²) in [5.41, 5.74) is 1.53. The topological polar surface area (TPSA) is 75.5 Å². The maximum atomic E-state index is 12.4. The third-order valence-electron chi connectivity index (χ3n) is 3.40. The van der Waals surface area contributed by atoms with Crippen molar-refractivity contribution < 1.29 is 9.72 Å². The van der Waals surface area contributed by atoms with Crippen LogP contribution in [0.4, 0.5) is 16.2 Å². The van der Waals surface area contributed by atoms with Crippen molar-refractivity contribution in [3.63, 3.8) is 0 Å². The van der Waals surface area contributed by atoms with Crippen LogP contribution in [0.3, 0.4) is 0 Å². The quantitative estimate of drug-likeness (QED) is 0.608. The first-order valence-electron chi connectivity index (χ1n) is 7.54. The molecule has 24 heavy (non-hydrogen) atoms. The van der Waals surface area contributed by atoms with Crippen LogP contribution >= 0.6 is 11.6 Å². The molecule has 0 aromatic heterocycles. The van der Waals surface area contributed by atoms with Crippen LogP contribution in [0.2, 0.25) is 5.02 Å². The largest absolute Gasteiger partial charge is 0.322 e. The first-order valence-corrected chi connectivity index (χ1v) is 7.92. The number of non-ortho nitro benzene ring substituents is 1. The summed E-state index contributed by atoms with van der Waals surface area (Å²) in [6, 6.07) is 12.9. The molecule has 0 radical (unpaired) electrons. The fraction of sp³-hybridized carbons (Fsp3) is 0.235. The second-order valence-electron chi connectivity index (χ2n) is 5.28. The first kappa shape index (κ1) is 17.7. The summed E-state index contributed by atoms with van der Waals surface area (Å²) in [7, 11) is 0. The number of hydrogen-bond donors (Lipinski definition) is 1. The highest BCUT2D eigenvalue weighted by Crippen LogP contribution is 2.16. The number of urea groups is 1. The minimum Gasteiger partial charge on any atom is -0.320 e. The van der Waals surface area contributed by atoms with Crippen LogP contribution in [0, 0.1) is 10.1 Å². The molecule has 0 aliphatic rings. The maximum absolute atomic E-state index is 12.4. The van der Waals surface area contributed by atoms with Crippen molar-refractivity contribution >= 4 is 29.0 Å². The number of nitrogens with zero attached hydrogens (tertiary/aromatic N) is 2. The van der Waals surface area contributed by atoms with E-state index in [2.05, 4.69) is 5.32 Å². The van der Waals surface area contributed by atoms with Crippen molar-refractivity contribution in [2.75, 3.05) is 11.9 Å². The van der Waals surface area contributed by atoms with E-state index < -0.39 is 4.92 Å². The van der Waals surface area contributed by atoms with Crippen LogP contribution in [-0.4, -0.2) is 22.4 Å². The smallest absolute Gasteiger partial charge is 0.320 e. The number of anilines is 1. The van der Waals surface area contributed by atoms with E-state index in [1.54, 1.807) is 41.3 Å². The maximum Gasteiger partial charge on any atom is 0.322 e. The van der Waals surface area contributed by atoms with Crippen LogP contribution in [0.25, 0.3) is 0 Å². The van der Waals surface area contributed by atoms with E-state index in [9.17, 15) is 14.9 Å². The average Bonchev–Trinajstić information content (AvgIpc) is 2.57. The lowest BCUT2D eigenvalue weighted by Crippen LogP contribution is -2.35. The van der Waals surface area contributed by atoms with Gasteiger partial charge in [-0.25, -0.2) is 4.79 Å². The number of hydrogen-bond acceptors (Lipinski definition) is 3. The highest BCUT2D eigenvalue weighted by atomic mass is 35.5. The lowest BCUT2D eigenvalue weighted by molar-refractivity contribution is -0.384. The van der Waals surface area contributed by atoms with Gasteiger partial charge in [0, 0.05) is 35.9 Å². The Morgan fingerprint density at radius 1 is 1.17 bits per heavy atom. The van der Waals surface area contributed by atoms with Gasteiger partial charge >= 0.3 is 6.03 Å². The summed E-state index contributed by atoms with van der Waals surface area (Å²) in [6.07, 6.45) is 0.807. The Balaban J connectivity index is 2.05. The monoisotopic (exact) mass is 347 g/mol. The molecule has 0 fully saturated rings. The number of amides is 2. The molecule has 7 heteroatoms. The number of benzene rings is 2. The van der Waals surface area contributed by atoms with Gasteiger partial charge in [0.2, 0.25) is 0 Å². The zero-order valence-corrected chi connectivity index (χ0v) is 14.0. The fourth-order valence-electron chi connectivity index (χ4n) is 2.20. The molecule has 2 amide bonds. The molecule has 2 rings (SSSR count). The van der Waals surface area contributed by atoms with E-state index >= 15 is 0 Å². The number of nitrogens with one attached hydrogen (secondary N) is 1. The van der Waals surface area contributed by atoms with Crippen molar-refractivity contribution in [1.82, 2.24) is 4.90 Å². The number of nitro benzene ring substituents is 1. The van der Waals surface area contributed by atoms with Gasteiger partial charge < -0.3 is 10.2 Å². The lowest BCUT2D eigenvalue weighted by Gasteiger charge is -2.22. The molecule has 126 valence electrons. The average molecular weight is 348 g/mol. The Morgan fingerprint density at radius 2 is 1.79 bits per heavy atom. The zero-order valence-electron chi connectivity index (χ0n) is 13.2. The minimum absolute atomic E-state index is 0.0337. The zero-order chi connectivity index (χ0) is 17.5. The summed E-state index contributed by atoms with van der Waals surface area (Å²) >= 11 is 5.83. The summed E-state index contributed by atoms with van der Waals surface area (Å²) in [5.74, 6) is 0. The molecule has 0 aliphatic carbocycles. The van der Waals surface area contributed by atoms with Crippen LogP contribution in [-0.2, 0) is 6.54 Å². The molecule has 0 spiro atoms. The second kappa shape index (κ2) is 8.31. The van der Waals surface area contributed by atoms with Gasteiger partial charge in [0.15, 0.2) is 0 Å². The fourth-order valence-corrected chi connectivity index (χ4v) is 2.33. The Labute approximate surface area is 145 Å². The molecule has 0 bridgehead atoms. The third-order valence-corrected chi connectivity index (χ3v) is 3.65. The predicted molar refractivity (Wildman–Crippen MR) is 94.3 cm³/mol. The highest BCUT2D eigenvalue weighted by Gasteiger charge is 2.14. The molecule has 2 aromatic rings. The molecule has 0 saturated heterocycles. The van der Waals surface area contributed by atoms with E-state index in [0.29, 0.717) is 23.8 Å². The van der Waals surface area contributed by atoms with E-state index in [1.807, 2.05) is 6.92 Å². The molecular weight excluding hydrogens is 330 g/mol.